The number of nitrogens with one attached hydrogen (secondary N) is 2. The van der Waals surface area contributed by atoms with Crippen LogP contribution >= 0.6 is 11.6 Å². The number of anilines is 2. The second-order valence-corrected chi connectivity index (χ2v) is 6.97. The number of halogens is 4. The zero-order valence-electron chi connectivity index (χ0n) is 14.6. The molecule has 2 aromatic heterocycles. The minimum atomic E-state index is -4.59. The highest BCUT2D eigenvalue weighted by Gasteiger charge is 2.36. The van der Waals surface area contributed by atoms with Crippen LogP contribution in [0.1, 0.15) is 12.1 Å². The highest BCUT2D eigenvalue weighted by atomic mass is 35.5. The Kier molecular flexibility index (Phi) is 4.65. The third-order valence-corrected chi connectivity index (χ3v) is 4.84. The molecule has 1 fully saturated rings. The van der Waals surface area contributed by atoms with E-state index < -0.39 is 23.7 Å². The monoisotopic (exact) mass is 423 g/mol. The smallest absolute Gasteiger partial charge is 0.312 e. The van der Waals surface area contributed by atoms with Gasteiger partial charge in [-0.1, -0.05) is 11.6 Å². The molecule has 0 aliphatic carbocycles. The summed E-state index contributed by atoms with van der Waals surface area (Å²) in [5.41, 5.74) is -0.532. The van der Waals surface area contributed by atoms with Crippen molar-refractivity contribution in [3.05, 3.63) is 47.1 Å². The number of amides is 2. The minimum Gasteiger partial charge on any atom is -0.312 e. The fourth-order valence-electron chi connectivity index (χ4n) is 3.13. The summed E-state index contributed by atoms with van der Waals surface area (Å²) in [4.78, 5) is 29.9. The average Bonchev–Trinajstić information content (AvgIpc) is 3.25. The van der Waals surface area contributed by atoms with E-state index >= 15 is 0 Å². The summed E-state index contributed by atoms with van der Waals surface area (Å²) in [7, 11) is 0. The molecule has 1 aliphatic heterocycles. The van der Waals surface area contributed by atoms with Crippen molar-refractivity contribution in [3.63, 3.8) is 0 Å². The van der Waals surface area contributed by atoms with Crippen LogP contribution in [0.2, 0.25) is 5.02 Å². The SMILES string of the molecule is O=C(Nc1n[nH]c2nc(C(F)(F)F)ccc12)C1CC(=O)N(c2ccc(Cl)cc2)C1. The second kappa shape index (κ2) is 7.03. The topological polar surface area (TPSA) is 91.0 Å². The predicted octanol–water partition coefficient (Wildman–Crippen LogP) is 3.62. The molecule has 1 atom stereocenters. The van der Waals surface area contributed by atoms with Crippen molar-refractivity contribution in [1.82, 2.24) is 15.2 Å². The minimum absolute atomic E-state index is 0.00723. The van der Waals surface area contributed by atoms with Crippen LogP contribution in [0.3, 0.4) is 0 Å². The number of nitrogens with zero attached hydrogens (tertiary/aromatic N) is 3. The number of rotatable bonds is 3. The number of hydrogen-bond donors (Lipinski definition) is 2. The summed E-state index contributed by atoms with van der Waals surface area (Å²) in [6.45, 7) is 0.172. The van der Waals surface area contributed by atoms with Gasteiger partial charge in [-0.2, -0.15) is 18.3 Å². The number of hydrogen-bond acceptors (Lipinski definition) is 4. The lowest BCUT2D eigenvalue weighted by Crippen LogP contribution is -2.28. The Labute approximate surface area is 166 Å². The van der Waals surface area contributed by atoms with Crippen molar-refractivity contribution < 1.29 is 22.8 Å². The van der Waals surface area contributed by atoms with Gasteiger partial charge in [0.15, 0.2) is 11.5 Å². The van der Waals surface area contributed by atoms with Gasteiger partial charge in [-0.3, -0.25) is 14.7 Å². The highest BCUT2D eigenvalue weighted by molar-refractivity contribution is 6.30. The Balaban J connectivity index is 1.50. The lowest BCUT2D eigenvalue weighted by Gasteiger charge is -2.16. The Hall–Kier alpha value is -3.14. The molecule has 1 aliphatic rings. The van der Waals surface area contributed by atoms with Crippen LogP contribution in [0.25, 0.3) is 11.0 Å². The molecular formula is C18H13ClF3N5O2. The fraction of sp³-hybridized carbons (Fsp3) is 0.222. The molecule has 0 spiro atoms. The molecule has 0 bridgehead atoms. The lowest BCUT2D eigenvalue weighted by atomic mass is 10.1. The molecule has 11 heteroatoms. The number of pyridine rings is 1. The van der Waals surface area contributed by atoms with Crippen LogP contribution in [0.5, 0.6) is 0 Å². The molecular weight excluding hydrogens is 411 g/mol. The van der Waals surface area contributed by atoms with Crippen molar-refractivity contribution in [2.45, 2.75) is 12.6 Å². The Bertz CT molecular complexity index is 1100. The Morgan fingerprint density at radius 1 is 1.21 bits per heavy atom. The van der Waals surface area contributed by atoms with Crippen molar-refractivity contribution >= 4 is 46.0 Å². The van der Waals surface area contributed by atoms with Gasteiger partial charge in [0, 0.05) is 23.7 Å². The first-order valence-corrected chi connectivity index (χ1v) is 8.89. The van der Waals surface area contributed by atoms with Gasteiger partial charge < -0.3 is 10.2 Å². The van der Waals surface area contributed by atoms with Crippen molar-refractivity contribution in [3.8, 4) is 0 Å². The fourth-order valence-corrected chi connectivity index (χ4v) is 3.26. The molecule has 150 valence electrons. The zero-order valence-corrected chi connectivity index (χ0v) is 15.4. The van der Waals surface area contributed by atoms with Crippen LogP contribution in [-0.4, -0.2) is 33.5 Å². The second-order valence-electron chi connectivity index (χ2n) is 6.53. The zero-order chi connectivity index (χ0) is 20.8. The van der Waals surface area contributed by atoms with E-state index in [9.17, 15) is 22.8 Å². The van der Waals surface area contributed by atoms with Gasteiger partial charge in [0.05, 0.1) is 11.3 Å². The number of H-pyrrole nitrogens is 1. The van der Waals surface area contributed by atoms with E-state index in [4.69, 9.17) is 11.6 Å². The molecule has 4 rings (SSSR count). The number of benzene rings is 1. The Morgan fingerprint density at radius 3 is 2.62 bits per heavy atom. The summed E-state index contributed by atoms with van der Waals surface area (Å²) < 4.78 is 38.3. The number of carbonyl (C=O) groups is 2. The molecule has 2 N–H and O–H groups in total. The maximum atomic E-state index is 12.8. The molecule has 2 amide bonds. The van der Waals surface area contributed by atoms with Crippen molar-refractivity contribution in [1.29, 1.82) is 0 Å². The van der Waals surface area contributed by atoms with Gasteiger partial charge >= 0.3 is 6.18 Å². The molecule has 1 aromatic carbocycles. The van der Waals surface area contributed by atoms with E-state index in [1.807, 2.05) is 0 Å². The largest absolute Gasteiger partial charge is 0.433 e. The van der Waals surface area contributed by atoms with E-state index in [0.29, 0.717) is 10.7 Å². The van der Waals surface area contributed by atoms with Crippen LogP contribution < -0.4 is 10.2 Å². The number of aromatic nitrogens is 3. The van der Waals surface area contributed by atoms with E-state index in [0.717, 1.165) is 6.07 Å². The van der Waals surface area contributed by atoms with Gasteiger partial charge in [-0.05, 0) is 36.4 Å². The normalized spacial score (nSPS) is 17.2. The first kappa shape index (κ1) is 19.2. The average molecular weight is 424 g/mol. The predicted molar refractivity (Wildman–Crippen MR) is 99.4 cm³/mol. The van der Waals surface area contributed by atoms with Gasteiger partial charge in [0.2, 0.25) is 11.8 Å². The molecule has 29 heavy (non-hydrogen) atoms. The number of alkyl halides is 3. The number of carbonyl (C=O) groups excluding carboxylic acids is 2. The molecule has 3 heterocycles. The maximum absolute atomic E-state index is 12.8. The first-order valence-electron chi connectivity index (χ1n) is 8.51. The third kappa shape index (κ3) is 3.75. The van der Waals surface area contributed by atoms with E-state index in [1.165, 1.54) is 11.0 Å². The maximum Gasteiger partial charge on any atom is 0.433 e. The molecule has 0 radical (unpaired) electrons. The summed E-state index contributed by atoms with van der Waals surface area (Å²) in [5, 5.41) is 9.55. The highest BCUT2D eigenvalue weighted by Crippen LogP contribution is 2.31. The third-order valence-electron chi connectivity index (χ3n) is 4.59. The standard InChI is InChI=1S/C18H13ClF3N5O2/c19-10-1-3-11(4-2-10)27-8-9(7-14(27)28)17(29)24-16-12-5-6-13(18(20,21)22)23-15(12)25-26-16/h1-6,9H,7-8H2,(H2,23,24,25,26,29). The molecule has 3 aromatic rings. The van der Waals surface area contributed by atoms with Gasteiger partial charge in [0.25, 0.3) is 0 Å². The van der Waals surface area contributed by atoms with Crippen molar-refractivity contribution in [2.75, 3.05) is 16.8 Å². The molecule has 1 saturated heterocycles. The lowest BCUT2D eigenvalue weighted by molar-refractivity contribution is -0.141. The number of aromatic amines is 1. The van der Waals surface area contributed by atoms with Gasteiger partial charge in [0.1, 0.15) is 5.69 Å². The summed E-state index contributed by atoms with van der Waals surface area (Å²) in [5.74, 6) is -1.24. The van der Waals surface area contributed by atoms with E-state index in [-0.39, 0.29) is 35.7 Å². The molecule has 0 saturated carbocycles. The van der Waals surface area contributed by atoms with Crippen LogP contribution in [0.4, 0.5) is 24.7 Å². The summed E-state index contributed by atoms with van der Waals surface area (Å²) in [6.07, 6.45) is -4.58. The first-order chi connectivity index (χ1) is 13.7. The number of fused-ring (bicyclic) bond motifs is 1. The molecule has 1 unspecified atom stereocenters. The van der Waals surface area contributed by atoms with Crippen molar-refractivity contribution in [2.24, 2.45) is 5.92 Å². The van der Waals surface area contributed by atoms with Crippen LogP contribution in [-0.2, 0) is 15.8 Å². The quantitative estimate of drug-likeness (QED) is 0.673. The van der Waals surface area contributed by atoms with Crippen LogP contribution in [0.15, 0.2) is 36.4 Å². The molecule has 7 nitrogen and oxygen atoms in total. The van der Waals surface area contributed by atoms with Gasteiger partial charge in [-0.15, -0.1) is 0 Å². The van der Waals surface area contributed by atoms with E-state index in [2.05, 4.69) is 20.5 Å². The van der Waals surface area contributed by atoms with Crippen LogP contribution in [0, 0.1) is 5.92 Å². The Morgan fingerprint density at radius 2 is 1.93 bits per heavy atom. The van der Waals surface area contributed by atoms with Gasteiger partial charge in [-0.25, -0.2) is 4.98 Å². The summed E-state index contributed by atoms with van der Waals surface area (Å²) >= 11 is 5.85. The summed E-state index contributed by atoms with van der Waals surface area (Å²) in [6, 6.07) is 8.67. The van der Waals surface area contributed by atoms with E-state index in [1.54, 1.807) is 24.3 Å².